The number of aromatic amines is 1. The number of carbonyl (C=O) groups is 1. The van der Waals surface area contributed by atoms with Gasteiger partial charge in [-0.3, -0.25) is 4.57 Å². The summed E-state index contributed by atoms with van der Waals surface area (Å²) in [4.78, 5) is 29.5. The summed E-state index contributed by atoms with van der Waals surface area (Å²) in [5.74, 6) is 0.746. The van der Waals surface area contributed by atoms with Gasteiger partial charge in [-0.05, 0) is 87.3 Å². The van der Waals surface area contributed by atoms with Crippen LogP contribution in [0.15, 0.2) is 65.7 Å². The largest absolute Gasteiger partial charge is 0.492 e. The second-order valence-electron chi connectivity index (χ2n) is 11.6. The number of amides is 1. The fourth-order valence-electron chi connectivity index (χ4n) is 4.80. The van der Waals surface area contributed by atoms with E-state index in [1.54, 1.807) is 17.0 Å². The number of rotatable bonds is 7. The number of aromatic nitrogens is 2. The molecule has 1 aliphatic carbocycles. The summed E-state index contributed by atoms with van der Waals surface area (Å²) >= 11 is 0. The van der Waals surface area contributed by atoms with E-state index in [0.717, 1.165) is 48.2 Å². The molecule has 1 fully saturated rings. The maximum atomic E-state index is 13.0. The third-order valence-corrected chi connectivity index (χ3v) is 6.94. The van der Waals surface area contributed by atoms with Crippen molar-refractivity contribution < 1.29 is 14.3 Å². The van der Waals surface area contributed by atoms with Gasteiger partial charge < -0.3 is 19.4 Å². The molecule has 0 saturated heterocycles. The second-order valence-corrected chi connectivity index (χ2v) is 11.6. The number of benzene rings is 2. The minimum absolute atomic E-state index is 0.168. The highest BCUT2D eigenvalue weighted by Gasteiger charge is 2.34. The topological polar surface area (TPSA) is 76.6 Å². The first-order chi connectivity index (χ1) is 17.5. The van der Waals surface area contributed by atoms with Crippen molar-refractivity contribution in [3.63, 3.8) is 0 Å². The minimum Gasteiger partial charge on any atom is -0.492 e. The van der Waals surface area contributed by atoms with Crippen molar-refractivity contribution in [2.45, 2.75) is 71.9 Å². The monoisotopic (exact) mass is 505 g/mol. The normalized spacial score (nSPS) is 15.8. The Bertz CT molecular complexity index is 1240. The molecule has 2 aromatic carbocycles. The number of ether oxygens (including phenoxy) is 2. The van der Waals surface area contributed by atoms with Crippen LogP contribution in [-0.2, 0) is 4.74 Å². The first kappa shape index (κ1) is 26.6. The van der Waals surface area contributed by atoms with Gasteiger partial charge in [-0.1, -0.05) is 38.1 Å². The number of hydrogen-bond donors (Lipinski definition) is 1. The molecule has 0 unspecified atom stereocenters. The highest BCUT2D eigenvalue weighted by Crippen LogP contribution is 2.37. The zero-order chi connectivity index (χ0) is 26.6. The van der Waals surface area contributed by atoms with Crippen molar-refractivity contribution in [2.75, 3.05) is 13.2 Å². The number of H-pyrrole nitrogens is 1. The lowest BCUT2D eigenvalue weighted by molar-refractivity contribution is 0.00425. The molecular formula is C30H39N3O4. The molecule has 1 aliphatic rings. The SMILES string of the molecule is CC1(C)CCC(N(CCOc2ccc(-c3cccc(-n4cc[nH]c4=O)c3)cc2)C(=O)OC(C)(C)C)CC1. The fourth-order valence-corrected chi connectivity index (χ4v) is 4.80. The van der Waals surface area contributed by atoms with Gasteiger partial charge in [0.2, 0.25) is 0 Å². The maximum absolute atomic E-state index is 13.0. The van der Waals surface area contributed by atoms with E-state index in [1.807, 2.05) is 74.2 Å². The molecule has 4 rings (SSSR count). The Morgan fingerprint density at radius 3 is 2.41 bits per heavy atom. The lowest BCUT2D eigenvalue weighted by Gasteiger charge is -2.40. The van der Waals surface area contributed by atoms with Gasteiger partial charge in [0.05, 0.1) is 12.2 Å². The molecular weight excluding hydrogens is 466 g/mol. The number of hydrogen-bond acceptors (Lipinski definition) is 4. The summed E-state index contributed by atoms with van der Waals surface area (Å²) in [6.45, 7) is 11.2. The Balaban J connectivity index is 1.39. The number of nitrogens with zero attached hydrogens (tertiary/aromatic N) is 2. The summed E-state index contributed by atoms with van der Waals surface area (Å²) in [5.41, 5.74) is 2.46. The van der Waals surface area contributed by atoms with Gasteiger partial charge in [0.15, 0.2) is 0 Å². The number of carbonyl (C=O) groups excluding carboxylic acids is 1. The van der Waals surface area contributed by atoms with Crippen molar-refractivity contribution >= 4 is 6.09 Å². The molecule has 37 heavy (non-hydrogen) atoms. The van der Waals surface area contributed by atoms with Crippen LogP contribution in [0.3, 0.4) is 0 Å². The fraction of sp³-hybridized carbons (Fsp3) is 0.467. The molecule has 3 aromatic rings. The van der Waals surface area contributed by atoms with Gasteiger partial charge in [0, 0.05) is 18.4 Å². The molecule has 1 heterocycles. The molecule has 1 aromatic heterocycles. The summed E-state index contributed by atoms with van der Waals surface area (Å²) < 4.78 is 13.3. The molecule has 0 atom stereocenters. The van der Waals surface area contributed by atoms with Crippen LogP contribution < -0.4 is 10.4 Å². The Morgan fingerprint density at radius 2 is 1.78 bits per heavy atom. The molecule has 1 saturated carbocycles. The van der Waals surface area contributed by atoms with Crippen LogP contribution in [0.1, 0.15) is 60.3 Å². The summed E-state index contributed by atoms with van der Waals surface area (Å²) in [6.07, 6.45) is 7.23. The standard InChI is InChI=1S/C30H39N3O4/c1-29(2,3)37-28(35)33(24-13-15-30(4,5)16-14-24)19-20-36-26-11-9-22(10-12-26)23-7-6-8-25(21-23)32-18-17-31-27(32)34/h6-12,17-18,21,24H,13-16,19-20H2,1-5H3,(H,31,34). The van der Waals surface area contributed by atoms with E-state index in [-0.39, 0.29) is 17.8 Å². The van der Waals surface area contributed by atoms with Crippen molar-refractivity contribution in [2.24, 2.45) is 5.41 Å². The van der Waals surface area contributed by atoms with E-state index in [9.17, 15) is 9.59 Å². The number of nitrogens with one attached hydrogen (secondary N) is 1. The average Bonchev–Trinajstić information content (AvgIpc) is 3.27. The molecule has 0 bridgehead atoms. The molecule has 0 aliphatic heterocycles. The lowest BCUT2D eigenvalue weighted by Crippen LogP contribution is -2.47. The molecule has 198 valence electrons. The zero-order valence-electron chi connectivity index (χ0n) is 22.6. The van der Waals surface area contributed by atoms with E-state index in [1.165, 1.54) is 0 Å². The Morgan fingerprint density at radius 1 is 1.08 bits per heavy atom. The van der Waals surface area contributed by atoms with Crippen LogP contribution in [0, 0.1) is 5.41 Å². The molecule has 0 radical (unpaired) electrons. The van der Waals surface area contributed by atoms with E-state index in [4.69, 9.17) is 9.47 Å². The van der Waals surface area contributed by atoms with Crippen LogP contribution in [0.2, 0.25) is 0 Å². The Labute approximate surface area is 219 Å². The van der Waals surface area contributed by atoms with Crippen molar-refractivity contribution in [3.8, 4) is 22.6 Å². The maximum Gasteiger partial charge on any atom is 0.410 e. The van der Waals surface area contributed by atoms with Crippen LogP contribution in [-0.4, -0.2) is 45.3 Å². The van der Waals surface area contributed by atoms with Crippen LogP contribution in [0.25, 0.3) is 16.8 Å². The summed E-state index contributed by atoms with van der Waals surface area (Å²) in [7, 11) is 0. The molecule has 0 spiro atoms. The van der Waals surface area contributed by atoms with Gasteiger partial charge in [0.1, 0.15) is 18.0 Å². The van der Waals surface area contributed by atoms with E-state index >= 15 is 0 Å². The smallest absolute Gasteiger partial charge is 0.410 e. The first-order valence-electron chi connectivity index (χ1n) is 13.1. The molecule has 7 nitrogen and oxygen atoms in total. The van der Waals surface area contributed by atoms with Crippen molar-refractivity contribution in [1.82, 2.24) is 14.5 Å². The van der Waals surface area contributed by atoms with Crippen LogP contribution in [0.5, 0.6) is 5.75 Å². The highest BCUT2D eigenvalue weighted by atomic mass is 16.6. The van der Waals surface area contributed by atoms with Gasteiger partial charge in [-0.2, -0.15) is 0 Å². The van der Waals surface area contributed by atoms with Gasteiger partial charge in [0.25, 0.3) is 0 Å². The Hall–Kier alpha value is -3.48. The third kappa shape index (κ3) is 7.06. The van der Waals surface area contributed by atoms with E-state index in [0.29, 0.717) is 18.6 Å². The quantitative estimate of drug-likeness (QED) is 0.402. The second kappa shape index (κ2) is 10.9. The Kier molecular flexibility index (Phi) is 7.81. The molecule has 1 amide bonds. The summed E-state index contributed by atoms with van der Waals surface area (Å²) in [5, 5.41) is 0. The van der Waals surface area contributed by atoms with E-state index < -0.39 is 5.60 Å². The molecule has 7 heteroatoms. The van der Waals surface area contributed by atoms with Crippen LogP contribution in [0.4, 0.5) is 4.79 Å². The predicted molar refractivity (Wildman–Crippen MR) is 146 cm³/mol. The first-order valence-corrected chi connectivity index (χ1v) is 13.1. The van der Waals surface area contributed by atoms with Gasteiger partial charge >= 0.3 is 11.8 Å². The van der Waals surface area contributed by atoms with Crippen molar-refractivity contribution in [1.29, 1.82) is 0 Å². The third-order valence-electron chi connectivity index (χ3n) is 6.94. The van der Waals surface area contributed by atoms with E-state index in [2.05, 4.69) is 18.8 Å². The lowest BCUT2D eigenvalue weighted by atomic mass is 9.75. The van der Waals surface area contributed by atoms with Crippen LogP contribution >= 0.6 is 0 Å². The predicted octanol–water partition coefficient (Wildman–Crippen LogP) is 6.42. The van der Waals surface area contributed by atoms with Crippen molar-refractivity contribution in [3.05, 3.63) is 71.4 Å². The minimum atomic E-state index is -0.536. The van der Waals surface area contributed by atoms with Gasteiger partial charge in [-0.25, -0.2) is 9.59 Å². The number of imidazole rings is 1. The average molecular weight is 506 g/mol. The zero-order valence-corrected chi connectivity index (χ0v) is 22.6. The molecule has 1 N–H and O–H groups in total. The van der Waals surface area contributed by atoms with Gasteiger partial charge in [-0.15, -0.1) is 0 Å². The summed E-state index contributed by atoms with van der Waals surface area (Å²) in [6, 6.07) is 15.9. The highest BCUT2D eigenvalue weighted by molar-refractivity contribution is 5.69.